The highest BCUT2D eigenvalue weighted by atomic mass is 16.5. The number of rotatable bonds is 5. The van der Waals surface area contributed by atoms with Crippen LogP contribution in [0.5, 0.6) is 0 Å². The van der Waals surface area contributed by atoms with Gasteiger partial charge in [-0.05, 0) is 5.56 Å². The second kappa shape index (κ2) is 5.27. The summed E-state index contributed by atoms with van der Waals surface area (Å²) < 4.78 is 10.3. The van der Waals surface area contributed by atoms with Crippen molar-refractivity contribution < 1.29 is 14.1 Å². The van der Waals surface area contributed by atoms with Crippen molar-refractivity contribution in [3.63, 3.8) is 0 Å². The molecule has 17 heavy (non-hydrogen) atoms. The lowest BCUT2D eigenvalue weighted by atomic mass is 10.2. The lowest BCUT2D eigenvalue weighted by Gasteiger charge is -2.00. The van der Waals surface area contributed by atoms with Crippen LogP contribution in [0.2, 0.25) is 0 Å². The normalized spacial score (nSPS) is 10.4. The van der Waals surface area contributed by atoms with Crippen molar-refractivity contribution in [2.75, 3.05) is 0 Å². The quantitative estimate of drug-likeness (QED) is 0.847. The van der Waals surface area contributed by atoms with E-state index in [2.05, 4.69) is 5.16 Å². The fourth-order valence-electron chi connectivity index (χ4n) is 1.34. The van der Waals surface area contributed by atoms with Gasteiger partial charge in [-0.15, -0.1) is 0 Å². The van der Waals surface area contributed by atoms with Crippen LogP contribution < -0.4 is 5.73 Å². The molecule has 0 atom stereocenters. The molecule has 0 saturated heterocycles. The van der Waals surface area contributed by atoms with Crippen molar-refractivity contribution in [1.29, 1.82) is 0 Å². The highest BCUT2D eigenvalue weighted by Gasteiger charge is 2.08. The number of hydrogen-bond donors (Lipinski definition) is 1. The van der Waals surface area contributed by atoms with Crippen molar-refractivity contribution in [3.05, 3.63) is 53.4 Å². The molecule has 0 aliphatic heterocycles. The highest BCUT2D eigenvalue weighted by Crippen LogP contribution is 2.07. The molecule has 2 N–H and O–H groups in total. The Kier molecular flexibility index (Phi) is 3.52. The zero-order chi connectivity index (χ0) is 12.1. The first-order valence-electron chi connectivity index (χ1n) is 5.13. The summed E-state index contributed by atoms with van der Waals surface area (Å²) in [5, 5.41) is 3.51. The lowest BCUT2D eigenvalue weighted by Crippen LogP contribution is -2.10. The molecule has 5 heteroatoms. The molecular formula is C12H12N2O3. The fourth-order valence-corrected chi connectivity index (χ4v) is 1.34. The molecule has 0 aliphatic rings. The Morgan fingerprint density at radius 3 is 2.71 bits per heavy atom. The van der Waals surface area contributed by atoms with Crippen LogP contribution in [0.3, 0.4) is 0 Å². The van der Waals surface area contributed by atoms with E-state index in [0.29, 0.717) is 12.4 Å². The van der Waals surface area contributed by atoms with E-state index in [1.165, 1.54) is 6.07 Å². The van der Waals surface area contributed by atoms with Crippen molar-refractivity contribution in [3.8, 4) is 0 Å². The number of benzene rings is 1. The Balaban J connectivity index is 1.84. The zero-order valence-electron chi connectivity index (χ0n) is 9.13. The highest BCUT2D eigenvalue weighted by molar-refractivity contribution is 5.90. The largest absolute Gasteiger partial charge is 0.369 e. The van der Waals surface area contributed by atoms with Crippen molar-refractivity contribution in [2.45, 2.75) is 13.2 Å². The zero-order valence-corrected chi connectivity index (χ0v) is 9.13. The summed E-state index contributed by atoms with van der Waals surface area (Å²) in [5.74, 6) is -0.127. The van der Waals surface area contributed by atoms with Gasteiger partial charge in [-0.3, -0.25) is 4.79 Å². The maximum atomic E-state index is 10.8. The molecule has 88 valence electrons. The van der Waals surface area contributed by atoms with Crippen LogP contribution in [0.25, 0.3) is 0 Å². The fraction of sp³-hybridized carbons (Fsp3) is 0.167. The molecule has 0 bridgehead atoms. The number of carbonyl (C=O) groups is 1. The van der Waals surface area contributed by atoms with Crippen molar-refractivity contribution in [2.24, 2.45) is 5.73 Å². The third kappa shape index (κ3) is 3.15. The minimum atomic E-state index is -0.608. The smallest absolute Gasteiger partial charge is 0.270 e. The number of amides is 1. The first-order chi connectivity index (χ1) is 8.25. The van der Waals surface area contributed by atoms with E-state index in [1.807, 2.05) is 30.3 Å². The van der Waals surface area contributed by atoms with Crippen molar-refractivity contribution in [1.82, 2.24) is 5.16 Å². The molecule has 0 saturated carbocycles. The second-order valence-corrected chi connectivity index (χ2v) is 3.52. The summed E-state index contributed by atoms with van der Waals surface area (Å²) in [4.78, 5) is 10.8. The molecule has 0 spiro atoms. The van der Waals surface area contributed by atoms with Crippen LogP contribution in [-0.4, -0.2) is 11.1 Å². The van der Waals surface area contributed by atoms with Gasteiger partial charge in [0.1, 0.15) is 6.61 Å². The van der Waals surface area contributed by atoms with Gasteiger partial charge in [-0.2, -0.15) is 0 Å². The van der Waals surface area contributed by atoms with Gasteiger partial charge in [-0.25, -0.2) is 0 Å². The van der Waals surface area contributed by atoms with Gasteiger partial charge in [0.15, 0.2) is 11.5 Å². The van der Waals surface area contributed by atoms with Gasteiger partial charge in [0.05, 0.1) is 6.61 Å². The first kappa shape index (κ1) is 11.3. The first-order valence-corrected chi connectivity index (χ1v) is 5.13. The molecule has 1 heterocycles. The average Bonchev–Trinajstić information content (AvgIpc) is 2.79. The molecule has 0 aliphatic carbocycles. The molecule has 5 nitrogen and oxygen atoms in total. The molecule has 0 fully saturated rings. The molecule has 2 rings (SSSR count). The van der Waals surface area contributed by atoms with Gasteiger partial charge in [0.2, 0.25) is 0 Å². The van der Waals surface area contributed by atoms with Crippen LogP contribution in [-0.2, 0) is 18.0 Å². The maximum absolute atomic E-state index is 10.8. The minimum Gasteiger partial charge on any atom is -0.369 e. The lowest BCUT2D eigenvalue weighted by molar-refractivity contribution is 0.0880. The number of ether oxygens (including phenoxy) is 1. The Morgan fingerprint density at radius 1 is 1.29 bits per heavy atom. The monoisotopic (exact) mass is 232 g/mol. The number of hydrogen-bond acceptors (Lipinski definition) is 4. The summed E-state index contributed by atoms with van der Waals surface area (Å²) >= 11 is 0. The number of nitrogens with two attached hydrogens (primary N) is 1. The summed E-state index contributed by atoms with van der Waals surface area (Å²) in [6.45, 7) is 0.739. The third-order valence-electron chi connectivity index (χ3n) is 2.17. The Hall–Kier alpha value is -2.14. The molecular weight excluding hydrogens is 220 g/mol. The summed E-state index contributed by atoms with van der Waals surface area (Å²) in [6.07, 6.45) is 0. The average molecular weight is 232 g/mol. The number of aromatic nitrogens is 1. The van der Waals surface area contributed by atoms with Crippen molar-refractivity contribution >= 4 is 5.91 Å². The maximum Gasteiger partial charge on any atom is 0.270 e. The second-order valence-electron chi connectivity index (χ2n) is 3.52. The van der Waals surface area contributed by atoms with Gasteiger partial charge >= 0.3 is 0 Å². The Labute approximate surface area is 98.2 Å². The topological polar surface area (TPSA) is 78.4 Å². The summed E-state index contributed by atoms with van der Waals surface area (Å²) in [7, 11) is 0. The van der Waals surface area contributed by atoms with Gasteiger partial charge in [0.25, 0.3) is 5.91 Å². The van der Waals surface area contributed by atoms with Crippen LogP contribution in [0, 0.1) is 0 Å². The van der Waals surface area contributed by atoms with Crippen LogP contribution in [0.1, 0.15) is 21.8 Å². The van der Waals surface area contributed by atoms with E-state index in [-0.39, 0.29) is 12.3 Å². The molecule has 0 unspecified atom stereocenters. The van der Waals surface area contributed by atoms with Gasteiger partial charge in [0, 0.05) is 6.07 Å². The number of primary amides is 1. The Morgan fingerprint density at radius 2 is 2.06 bits per heavy atom. The Bertz CT molecular complexity index is 493. The van der Waals surface area contributed by atoms with Gasteiger partial charge < -0.3 is 15.0 Å². The van der Waals surface area contributed by atoms with Gasteiger partial charge in [-0.1, -0.05) is 35.5 Å². The van der Waals surface area contributed by atoms with E-state index in [1.54, 1.807) is 0 Å². The summed E-state index contributed by atoms with van der Waals surface area (Å²) in [5.41, 5.74) is 6.23. The van der Waals surface area contributed by atoms with E-state index in [4.69, 9.17) is 15.0 Å². The van der Waals surface area contributed by atoms with E-state index in [9.17, 15) is 4.79 Å². The standard InChI is InChI=1S/C12H12N2O3/c13-12(15)11-6-10(17-14-11)8-16-7-9-4-2-1-3-5-9/h1-6H,7-8H2,(H2,13,15). The van der Waals surface area contributed by atoms with E-state index in [0.717, 1.165) is 5.56 Å². The van der Waals surface area contributed by atoms with E-state index < -0.39 is 5.91 Å². The van der Waals surface area contributed by atoms with Crippen LogP contribution in [0.15, 0.2) is 40.9 Å². The van der Waals surface area contributed by atoms with Crippen LogP contribution >= 0.6 is 0 Å². The summed E-state index contributed by atoms with van der Waals surface area (Å²) in [6, 6.07) is 11.2. The number of nitrogens with zero attached hydrogens (tertiary/aromatic N) is 1. The van der Waals surface area contributed by atoms with Crippen LogP contribution in [0.4, 0.5) is 0 Å². The molecule has 2 aromatic rings. The predicted molar refractivity (Wildman–Crippen MR) is 60.0 cm³/mol. The third-order valence-corrected chi connectivity index (χ3v) is 2.17. The molecule has 0 radical (unpaired) electrons. The molecule has 1 aromatic heterocycles. The predicted octanol–water partition coefficient (Wildman–Crippen LogP) is 1.49. The minimum absolute atomic E-state index is 0.114. The number of carbonyl (C=O) groups excluding carboxylic acids is 1. The van der Waals surface area contributed by atoms with E-state index >= 15 is 0 Å². The molecule has 1 aromatic carbocycles. The SMILES string of the molecule is NC(=O)c1cc(COCc2ccccc2)on1. The molecule has 1 amide bonds.